The van der Waals surface area contributed by atoms with Crippen molar-refractivity contribution >= 4 is 33.7 Å². The van der Waals surface area contributed by atoms with Crippen molar-refractivity contribution in [1.29, 1.82) is 0 Å². The zero-order valence-corrected chi connectivity index (χ0v) is 12.9. The minimum absolute atomic E-state index is 0.219. The van der Waals surface area contributed by atoms with Crippen LogP contribution in [0.1, 0.15) is 0 Å². The van der Waals surface area contributed by atoms with Crippen molar-refractivity contribution in [2.75, 3.05) is 17.3 Å². The smallest absolute Gasteiger partial charge is 0.0854 e. The molecule has 0 amide bonds. The molecular weight excluding hydrogens is 294 g/mol. The van der Waals surface area contributed by atoms with Gasteiger partial charge in [0.1, 0.15) is 0 Å². The Balaban J connectivity index is 2.03. The topological polar surface area (TPSA) is 23.5 Å². The largest absolute Gasteiger partial charge is 0.390 e. The van der Waals surface area contributed by atoms with Crippen LogP contribution in [0.2, 0.25) is 0 Å². The zero-order chi connectivity index (χ0) is 15.4. The molecule has 0 radical (unpaired) electrons. The summed E-state index contributed by atoms with van der Waals surface area (Å²) >= 11 is 5.79. The number of aliphatic hydroxyl groups excluding tert-OH is 1. The molecule has 0 aliphatic heterocycles. The number of benzene rings is 3. The van der Waals surface area contributed by atoms with Crippen LogP contribution in [0.25, 0.3) is 10.8 Å². The van der Waals surface area contributed by atoms with E-state index in [4.69, 9.17) is 11.6 Å². The summed E-state index contributed by atoms with van der Waals surface area (Å²) < 4.78 is 0. The first-order chi connectivity index (χ1) is 10.8. The molecule has 1 atom stereocenters. The van der Waals surface area contributed by atoms with Crippen molar-refractivity contribution in [3.05, 3.63) is 72.8 Å². The van der Waals surface area contributed by atoms with Gasteiger partial charge in [0.15, 0.2) is 0 Å². The van der Waals surface area contributed by atoms with Crippen LogP contribution in [0.5, 0.6) is 0 Å². The summed E-state index contributed by atoms with van der Waals surface area (Å²) in [5, 5.41) is 12.4. The minimum atomic E-state index is -0.576. The Hall–Kier alpha value is -2.03. The number of aliphatic hydroxyl groups is 1. The van der Waals surface area contributed by atoms with Crippen molar-refractivity contribution in [3.8, 4) is 0 Å². The van der Waals surface area contributed by atoms with E-state index in [1.165, 1.54) is 10.8 Å². The van der Waals surface area contributed by atoms with Crippen LogP contribution in [0.4, 0.5) is 11.4 Å². The van der Waals surface area contributed by atoms with Gasteiger partial charge in [0.25, 0.3) is 0 Å². The lowest BCUT2D eigenvalue weighted by atomic mass is 10.1. The summed E-state index contributed by atoms with van der Waals surface area (Å²) in [5.41, 5.74) is 2.09. The van der Waals surface area contributed by atoms with Crippen molar-refractivity contribution in [2.45, 2.75) is 6.10 Å². The second-order valence-electron chi connectivity index (χ2n) is 5.29. The number of rotatable bonds is 5. The van der Waals surface area contributed by atoms with Gasteiger partial charge in [-0.05, 0) is 35.0 Å². The third kappa shape index (κ3) is 3.24. The van der Waals surface area contributed by atoms with Crippen molar-refractivity contribution in [3.63, 3.8) is 0 Å². The summed E-state index contributed by atoms with van der Waals surface area (Å²) in [6, 6.07) is 24.6. The molecule has 0 bridgehead atoms. The molecule has 0 fully saturated rings. The maximum atomic E-state index is 9.99. The first kappa shape index (κ1) is 14.9. The van der Waals surface area contributed by atoms with Crippen molar-refractivity contribution < 1.29 is 5.11 Å². The zero-order valence-electron chi connectivity index (χ0n) is 12.2. The van der Waals surface area contributed by atoms with Gasteiger partial charge in [-0.1, -0.05) is 48.5 Å². The van der Waals surface area contributed by atoms with Crippen LogP contribution >= 0.6 is 11.6 Å². The first-order valence-corrected chi connectivity index (χ1v) is 7.87. The molecule has 3 aromatic carbocycles. The second-order valence-corrected chi connectivity index (χ2v) is 5.59. The highest BCUT2D eigenvalue weighted by atomic mass is 35.5. The van der Waals surface area contributed by atoms with E-state index in [2.05, 4.69) is 35.2 Å². The summed E-state index contributed by atoms with van der Waals surface area (Å²) in [7, 11) is 0. The van der Waals surface area contributed by atoms with Gasteiger partial charge in [-0.3, -0.25) is 0 Å². The maximum Gasteiger partial charge on any atom is 0.0854 e. The average molecular weight is 312 g/mol. The predicted molar refractivity (Wildman–Crippen MR) is 94.1 cm³/mol. The van der Waals surface area contributed by atoms with E-state index < -0.39 is 6.10 Å². The number of fused-ring (bicyclic) bond motifs is 1. The third-order valence-corrected chi connectivity index (χ3v) is 4.04. The number of anilines is 2. The average Bonchev–Trinajstić information content (AvgIpc) is 2.59. The van der Waals surface area contributed by atoms with E-state index >= 15 is 0 Å². The molecule has 0 aliphatic rings. The van der Waals surface area contributed by atoms with Crippen LogP contribution in [-0.2, 0) is 0 Å². The van der Waals surface area contributed by atoms with Crippen molar-refractivity contribution in [1.82, 2.24) is 0 Å². The molecule has 0 saturated heterocycles. The molecule has 0 aliphatic carbocycles. The van der Waals surface area contributed by atoms with E-state index in [1.54, 1.807) is 0 Å². The van der Waals surface area contributed by atoms with Crippen molar-refractivity contribution in [2.24, 2.45) is 0 Å². The summed E-state index contributed by atoms with van der Waals surface area (Å²) in [6.07, 6.45) is -0.576. The fourth-order valence-corrected chi connectivity index (χ4v) is 2.67. The monoisotopic (exact) mass is 311 g/mol. The highest BCUT2D eigenvalue weighted by Crippen LogP contribution is 2.28. The van der Waals surface area contributed by atoms with E-state index in [0.29, 0.717) is 6.54 Å². The molecule has 3 heteroatoms. The molecular formula is C19H18ClNO. The van der Waals surface area contributed by atoms with E-state index in [9.17, 15) is 5.11 Å². The van der Waals surface area contributed by atoms with Gasteiger partial charge in [0, 0.05) is 11.4 Å². The molecule has 2 nitrogen and oxygen atoms in total. The Kier molecular flexibility index (Phi) is 4.62. The van der Waals surface area contributed by atoms with Gasteiger partial charge in [0.2, 0.25) is 0 Å². The van der Waals surface area contributed by atoms with E-state index in [-0.39, 0.29) is 5.88 Å². The lowest BCUT2D eigenvalue weighted by molar-refractivity contribution is 0.206. The molecule has 1 N–H and O–H groups in total. The standard InChI is InChI=1S/C19H18ClNO/c20-13-19(22)14-21(17-8-2-1-3-9-17)18-11-10-15-6-4-5-7-16(15)12-18/h1-12,19,22H,13-14H2. The summed E-state index contributed by atoms with van der Waals surface area (Å²) in [4.78, 5) is 2.10. The quantitative estimate of drug-likeness (QED) is 0.697. The minimum Gasteiger partial charge on any atom is -0.390 e. The molecule has 112 valence electrons. The lowest BCUT2D eigenvalue weighted by Gasteiger charge is -2.27. The van der Waals surface area contributed by atoms with Crippen LogP contribution < -0.4 is 4.90 Å². The van der Waals surface area contributed by atoms with Gasteiger partial charge in [-0.2, -0.15) is 0 Å². The van der Waals surface area contributed by atoms with E-state index in [0.717, 1.165) is 11.4 Å². The molecule has 0 heterocycles. The van der Waals surface area contributed by atoms with Crippen LogP contribution in [0.3, 0.4) is 0 Å². The molecule has 3 aromatic rings. The van der Waals surface area contributed by atoms with Gasteiger partial charge in [0.05, 0.1) is 18.5 Å². The van der Waals surface area contributed by atoms with Crippen LogP contribution in [-0.4, -0.2) is 23.6 Å². The fourth-order valence-electron chi connectivity index (χ4n) is 2.57. The number of halogens is 1. The number of hydrogen-bond donors (Lipinski definition) is 1. The Bertz CT molecular complexity index is 745. The predicted octanol–water partition coefficient (Wildman–Crippen LogP) is 4.58. The van der Waals surface area contributed by atoms with E-state index in [1.807, 2.05) is 42.5 Å². The highest BCUT2D eigenvalue weighted by molar-refractivity contribution is 6.18. The summed E-state index contributed by atoms with van der Waals surface area (Å²) in [5.74, 6) is 0.219. The van der Waals surface area contributed by atoms with Gasteiger partial charge < -0.3 is 10.0 Å². The Morgan fingerprint density at radius 3 is 2.23 bits per heavy atom. The molecule has 3 rings (SSSR count). The molecule has 0 aromatic heterocycles. The van der Waals surface area contributed by atoms with Gasteiger partial charge >= 0.3 is 0 Å². The SMILES string of the molecule is OC(CCl)CN(c1ccccc1)c1ccc2ccccc2c1. The molecule has 0 saturated carbocycles. The normalized spacial score (nSPS) is 12.3. The Morgan fingerprint density at radius 2 is 1.50 bits per heavy atom. The van der Waals surface area contributed by atoms with Crippen LogP contribution in [0.15, 0.2) is 72.8 Å². The summed E-state index contributed by atoms with van der Waals surface area (Å²) in [6.45, 7) is 0.464. The first-order valence-electron chi connectivity index (χ1n) is 7.33. The molecule has 1 unspecified atom stereocenters. The molecule has 22 heavy (non-hydrogen) atoms. The Morgan fingerprint density at radius 1 is 0.818 bits per heavy atom. The number of nitrogens with zero attached hydrogens (tertiary/aromatic N) is 1. The Labute approximate surface area is 135 Å². The van der Waals surface area contributed by atoms with Gasteiger partial charge in [-0.15, -0.1) is 11.6 Å². The number of alkyl halides is 1. The highest BCUT2D eigenvalue weighted by Gasteiger charge is 2.14. The third-order valence-electron chi connectivity index (χ3n) is 3.68. The number of hydrogen-bond acceptors (Lipinski definition) is 2. The number of para-hydroxylation sites is 1. The van der Waals surface area contributed by atoms with Crippen LogP contribution in [0, 0.1) is 0 Å². The maximum absolute atomic E-state index is 9.99. The second kappa shape index (κ2) is 6.82. The fraction of sp³-hybridized carbons (Fsp3) is 0.158. The molecule has 0 spiro atoms. The van der Waals surface area contributed by atoms with Gasteiger partial charge in [-0.25, -0.2) is 0 Å². The lowest BCUT2D eigenvalue weighted by Crippen LogP contribution is -2.29.